The van der Waals surface area contributed by atoms with Crippen LogP contribution in [0.15, 0.2) is 77.8 Å². The number of aromatic carboxylic acids is 1. The van der Waals surface area contributed by atoms with Gasteiger partial charge in [-0.05, 0) is 84.4 Å². The van der Waals surface area contributed by atoms with Gasteiger partial charge in [0.25, 0.3) is 5.91 Å². The predicted molar refractivity (Wildman–Crippen MR) is 158 cm³/mol. The third-order valence-electron chi connectivity index (χ3n) is 7.48. The molecule has 5 nitrogen and oxygen atoms in total. The minimum absolute atomic E-state index is 0.135. The quantitative estimate of drug-likeness (QED) is 0.286. The maximum atomic E-state index is 13.0. The fraction of sp³-hybridized carbons (Fsp3) is 0.382. The number of carbonyl (C=O) groups excluding carboxylic acids is 1. The van der Waals surface area contributed by atoms with Crippen molar-refractivity contribution >= 4 is 17.7 Å². The first kappa shape index (κ1) is 28.3. The van der Waals surface area contributed by atoms with E-state index in [1.54, 1.807) is 18.2 Å². The van der Waals surface area contributed by atoms with Crippen LogP contribution in [0.2, 0.25) is 0 Å². The van der Waals surface area contributed by atoms with Gasteiger partial charge in [-0.3, -0.25) is 14.7 Å². The van der Waals surface area contributed by atoms with Crippen LogP contribution in [0, 0.1) is 0 Å². The zero-order chi connectivity index (χ0) is 28.0. The molecule has 0 aliphatic carbocycles. The molecule has 1 aliphatic rings. The van der Waals surface area contributed by atoms with Crippen LogP contribution in [0.25, 0.3) is 11.1 Å². The standard InChI is InChI=1S/C34H40N2O3/c1-5-36-31(35-30(32(36)37)16-7-10-24-18-20-29(21-19-24)34(2,3)4)17-8-12-25-11-6-13-26(22-25)27-14-9-15-28(23-27)33(38)39/h6,9,11,13-15,18-23,30H,5,7-8,10,12,16-17H2,1-4H3,(H,38,39). The number of hydrogen-bond acceptors (Lipinski definition) is 3. The number of carboxylic acids is 1. The number of benzene rings is 3. The highest BCUT2D eigenvalue weighted by Gasteiger charge is 2.32. The predicted octanol–water partition coefficient (Wildman–Crippen LogP) is 7.32. The number of carboxylic acid groups (broad SMARTS) is 1. The molecule has 1 amide bonds. The third-order valence-corrected chi connectivity index (χ3v) is 7.48. The third kappa shape index (κ3) is 7.23. The molecule has 5 heteroatoms. The Morgan fingerprint density at radius 1 is 0.872 bits per heavy atom. The molecule has 3 aromatic rings. The van der Waals surface area contributed by atoms with E-state index >= 15 is 0 Å². The molecular formula is C34H40N2O3. The van der Waals surface area contributed by atoms with Crippen molar-refractivity contribution in [1.29, 1.82) is 0 Å². The summed E-state index contributed by atoms with van der Waals surface area (Å²) in [5, 5.41) is 9.30. The zero-order valence-corrected chi connectivity index (χ0v) is 23.6. The van der Waals surface area contributed by atoms with Crippen LogP contribution in [-0.2, 0) is 23.1 Å². The van der Waals surface area contributed by atoms with Gasteiger partial charge in [-0.1, -0.05) is 81.4 Å². The normalized spacial score (nSPS) is 15.5. The molecule has 0 aromatic heterocycles. The van der Waals surface area contributed by atoms with Crippen molar-refractivity contribution in [3.8, 4) is 11.1 Å². The van der Waals surface area contributed by atoms with Gasteiger partial charge in [-0.15, -0.1) is 0 Å². The molecule has 1 N–H and O–H groups in total. The first-order valence-electron chi connectivity index (χ1n) is 14.1. The molecule has 0 radical (unpaired) electrons. The average Bonchev–Trinajstić information content (AvgIpc) is 3.22. The van der Waals surface area contributed by atoms with E-state index in [2.05, 4.69) is 57.2 Å². The molecule has 0 saturated carbocycles. The lowest BCUT2D eigenvalue weighted by molar-refractivity contribution is -0.127. The summed E-state index contributed by atoms with van der Waals surface area (Å²) in [5.74, 6) is 0.122. The number of rotatable bonds is 11. The second-order valence-electron chi connectivity index (χ2n) is 11.4. The molecule has 0 bridgehead atoms. The van der Waals surface area contributed by atoms with E-state index in [-0.39, 0.29) is 22.9 Å². The summed E-state index contributed by atoms with van der Waals surface area (Å²) in [6, 6.07) is 23.9. The van der Waals surface area contributed by atoms with Gasteiger partial charge >= 0.3 is 5.97 Å². The Bertz CT molecular complexity index is 1340. The van der Waals surface area contributed by atoms with Crippen molar-refractivity contribution in [2.75, 3.05) is 6.54 Å². The summed E-state index contributed by atoms with van der Waals surface area (Å²) in [4.78, 5) is 31.1. The molecule has 0 spiro atoms. The molecule has 0 saturated heterocycles. The number of aliphatic imine (C=N–C) groups is 1. The molecule has 1 atom stereocenters. The molecule has 1 unspecified atom stereocenters. The van der Waals surface area contributed by atoms with Crippen LogP contribution in [-0.4, -0.2) is 40.3 Å². The summed E-state index contributed by atoms with van der Waals surface area (Å²) in [5.41, 5.74) is 6.18. The van der Waals surface area contributed by atoms with Crippen LogP contribution in [0.1, 0.15) is 80.4 Å². The number of hydrogen-bond donors (Lipinski definition) is 1. The van der Waals surface area contributed by atoms with Crippen molar-refractivity contribution in [3.05, 3.63) is 95.1 Å². The van der Waals surface area contributed by atoms with Crippen molar-refractivity contribution in [3.63, 3.8) is 0 Å². The van der Waals surface area contributed by atoms with Crippen LogP contribution in [0.3, 0.4) is 0 Å². The van der Waals surface area contributed by atoms with Crippen molar-refractivity contribution in [1.82, 2.24) is 4.90 Å². The van der Waals surface area contributed by atoms with Crippen molar-refractivity contribution in [2.24, 2.45) is 4.99 Å². The summed E-state index contributed by atoms with van der Waals surface area (Å²) in [7, 11) is 0. The van der Waals surface area contributed by atoms with Crippen LogP contribution < -0.4 is 0 Å². The first-order chi connectivity index (χ1) is 18.7. The summed E-state index contributed by atoms with van der Waals surface area (Å²) >= 11 is 0. The number of amides is 1. The van der Waals surface area contributed by atoms with Crippen LogP contribution >= 0.6 is 0 Å². The fourth-order valence-electron chi connectivity index (χ4n) is 5.20. The highest BCUT2D eigenvalue weighted by molar-refractivity contribution is 6.05. The number of likely N-dealkylation sites (N-methyl/N-ethyl adjacent to an activating group) is 1. The fourth-order valence-corrected chi connectivity index (χ4v) is 5.20. The minimum atomic E-state index is -0.923. The van der Waals surface area contributed by atoms with Gasteiger partial charge in [0.2, 0.25) is 0 Å². The number of amidine groups is 1. The van der Waals surface area contributed by atoms with Gasteiger partial charge < -0.3 is 5.11 Å². The summed E-state index contributed by atoms with van der Waals surface area (Å²) in [6.45, 7) is 9.34. The highest BCUT2D eigenvalue weighted by Crippen LogP contribution is 2.25. The number of aryl methyl sites for hydroxylation is 2. The zero-order valence-electron chi connectivity index (χ0n) is 23.6. The van der Waals surface area contributed by atoms with E-state index < -0.39 is 5.97 Å². The molecule has 0 fully saturated rings. The molecule has 4 rings (SSSR count). The van der Waals surface area contributed by atoms with Gasteiger partial charge in [0.1, 0.15) is 11.9 Å². The van der Waals surface area contributed by atoms with E-state index in [0.29, 0.717) is 6.54 Å². The molecule has 204 valence electrons. The average molecular weight is 525 g/mol. The molecule has 1 aliphatic heterocycles. The van der Waals surface area contributed by atoms with Crippen molar-refractivity contribution < 1.29 is 14.7 Å². The van der Waals surface area contributed by atoms with Crippen LogP contribution in [0.4, 0.5) is 0 Å². The lowest BCUT2D eigenvalue weighted by atomic mass is 9.86. The Morgan fingerprint density at radius 2 is 1.54 bits per heavy atom. The van der Waals surface area contributed by atoms with Gasteiger partial charge in [0.15, 0.2) is 0 Å². The van der Waals surface area contributed by atoms with E-state index in [9.17, 15) is 14.7 Å². The lowest BCUT2D eigenvalue weighted by Gasteiger charge is -2.19. The SMILES string of the molecule is CCN1C(=O)C(CCCc2ccc(C(C)(C)C)cc2)N=C1CCCc1cccc(-c2cccc(C(=O)O)c2)c1. The van der Waals surface area contributed by atoms with Gasteiger partial charge in [0, 0.05) is 13.0 Å². The van der Waals surface area contributed by atoms with Gasteiger partial charge in [-0.2, -0.15) is 0 Å². The maximum absolute atomic E-state index is 13.0. The minimum Gasteiger partial charge on any atom is -0.478 e. The van der Waals surface area contributed by atoms with E-state index in [1.165, 1.54) is 16.7 Å². The number of carbonyl (C=O) groups is 2. The molecular weight excluding hydrogens is 484 g/mol. The Kier molecular flexibility index (Phi) is 9.01. The monoisotopic (exact) mass is 524 g/mol. The van der Waals surface area contributed by atoms with Crippen LogP contribution in [0.5, 0.6) is 0 Å². The second-order valence-corrected chi connectivity index (χ2v) is 11.4. The molecule has 1 heterocycles. The summed E-state index contributed by atoms with van der Waals surface area (Å²) < 4.78 is 0. The highest BCUT2D eigenvalue weighted by atomic mass is 16.4. The Labute approximate surface area is 232 Å². The topological polar surface area (TPSA) is 70.0 Å². The van der Waals surface area contributed by atoms with E-state index in [4.69, 9.17) is 4.99 Å². The molecule has 3 aromatic carbocycles. The van der Waals surface area contributed by atoms with Gasteiger partial charge in [-0.25, -0.2) is 4.79 Å². The smallest absolute Gasteiger partial charge is 0.335 e. The Hall–Kier alpha value is -3.73. The molecule has 39 heavy (non-hydrogen) atoms. The second kappa shape index (κ2) is 12.4. The first-order valence-corrected chi connectivity index (χ1v) is 14.1. The Morgan fingerprint density at radius 3 is 2.21 bits per heavy atom. The van der Waals surface area contributed by atoms with Gasteiger partial charge in [0.05, 0.1) is 5.56 Å². The van der Waals surface area contributed by atoms with E-state index in [0.717, 1.165) is 55.5 Å². The maximum Gasteiger partial charge on any atom is 0.335 e. The Balaban J connectivity index is 1.32. The van der Waals surface area contributed by atoms with E-state index in [1.807, 2.05) is 30.0 Å². The summed E-state index contributed by atoms with van der Waals surface area (Å²) in [6.07, 6.45) is 5.20. The number of nitrogens with zero attached hydrogens (tertiary/aromatic N) is 2. The lowest BCUT2D eigenvalue weighted by Crippen LogP contribution is -2.35. The van der Waals surface area contributed by atoms with Crippen molar-refractivity contribution in [2.45, 2.75) is 77.7 Å². The largest absolute Gasteiger partial charge is 0.478 e.